The van der Waals surface area contributed by atoms with E-state index in [-0.39, 0.29) is 16.8 Å². The molecule has 2 aromatic carbocycles. The molecular formula is C23H20N4O2. The smallest absolute Gasteiger partial charge is 0.161 e. The highest BCUT2D eigenvalue weighted by Crippen LogP contribution is 2.30. The lowest BCUT2D eigenvalue weighted by atomic mass is 10.1. The molecule has 2 N–H and O–H groups in total. The predicted molar refractivity (Wildman–Crippen MR) is 109 cm³/mol. The molecule has 29 heavy (non-hydrogen) atoms. The van der Waals surface area contributed by atoms with Gasteiger partial charge in [0.1, 0.15) is 18.2 Å². The number of benzene rings is 2. The Balaban J connectivity index is 2.24. The van der Waals surface area contributed by atoms with Crippen LogP contribution in [-0.2, 0) is 6.42 Å². The fourth-order valence-corrected chi connectivity index (χ4v) is 2.54. The van der Waals surface area contributed by atoms with Gasteiger partial charge in [0, 0.05) is 6.42 Å². The van der Waals surface area contributed by atoms with E-state index in [9.17, 15) is 5.26 Å². The molecule has 0 bridgehead atoms. The Bertz CT molecular complexity index is 1020. The van der Waals surface area contributed by atoms with E-state index in [2.05, 4.69) is 0 Å². The second-order valence-corrected chi connectivity index (χ2v) is 5.91. The number of rotatable bonds is 8. The molecule has 0 aliphatic rings. The third-order valence-corrected chi connectivity index (χ3v) is 3.97. The summed E-state index contributed by atoms with van der Waals surface area (Å²) in [5.74, 6) is 1.13. The van der Waals surface area contributed by atoms with E-state index in [0.717, 1.165) is 6.42 Å². The SMILES string of the molecule is CCOc1cc(/C=C(\C#N)C(N)=C(C#N)C#N)ccc1OCCc1ccccc1. The minimum Gasteiger partial charge on any atom is -0.490 e. The third kappa shape index (κ3) is 5.89. The highest BCUT2D eigenvalue weighted by molar-refractivity contribution is 5.67. The number of nitrogens with zero attached hydrogens (tertiary/aromatic N) is 3. The zero-order valence-corrected chi connectivity index (χ0v) is 16.1. The summed E-state index contributed by atoms with van der Waals surface area (Å²) in [5.41, 5.74) is 7.17. The van der Waals surface area contributed by atoms with E-state index in [4.69, 9.17) is 25.7 Å². The van der Waals surface area contributed by atoms with E-state index in [1.807, 2.05) is 43.3 Å². The van der Waals surface area contributed by atoms with Gasteiger partial charge in [-0.05, 0) is 36.3 Å². The monoisotopic (exact) mass is 384 g/mol. The van der Waals surface area contributed by atoms with Crippen LogP contribution in [0.4, 0.5) is 0 Å². The lowest BCUT2D eigenvalue weighted by molar-refractivity contribution is 0.279. The van der Waals surface area contributed by atoms with Gasteiger partial charge >= 0.3 is 0 Å². The van der Waals surface area contributed by atoms with Crippen LogP contribution < -0.4 is 15.2 Å². The molecule has 2 aromatic rings. The van der Waals surface area contributed by atoms with Gasteiger partial charge in [-0.15, -0.1) is 0 Å². The zero-order chi connectivity index (χ0) is 21.1. The van der Waals surface area contributed by atoms with Gasteiger partial charge in [-0.2, -0.15) is 15.8 Å². The second kappa shape index (κ2) is 10.8. The molecule has 0 saturated carbocycles. The molecule has 0 spiro atoms. The zero-order valence-electron chi connectivity index (χ0n) is 16.1. The van der Waals surface area contributed by atoms with E-state index in [1.165, 1.54) is 11.6 Å². The molecule has 2 rings (SSSR count). The van der Waals surface area contributed by atoms with Crippen LogP contribution >= 0.6 is 0 Å². The lowest BCUT2D eigenvalue weighted by Gasteiger charge is -2.13. The summed E-state index contributed by atoms with van der Waals surface area (Å²) in [6.45, 7) is 2.80. The van der Waals surface area contributed by atoms with Crippen molar-refractivity contribution in [3.8, 4) is 29.7 Å². The maximum absolute atomic E-state index is 9.34. The minimum atomic E-state index is -0.302. The number of hydrogen-bond donors (Lipinski definition) is 1. The standard InChI is InChI=1S/C23H20N4O2/c1-2-28-22-13-18(12-19(14-24)23(27)20(15-25)16-26)8-9-21(22)29-11-10-17-6-4-3-5-7-17/h3-9,12-13H,2,10-11,27H2,1H3/b19-12+. The van der Waals surface area contributed by atoms with Gasteiger partial charge in [-0.1, -0.05) is 36.4 Å². The van der Waals surface area contributed by atoms with Crippen molar-refractivity contribution in [3.05, 3.63) is 76.5 Å². The maximum Gasteiger partial charge on any atom is 0.161 e. The minimum absolute atomic E-state index is 0.0308. The largest absolute Gasteiger partial charge is 0.490 e. The first kappa shape index (κ1) is 21.1. The molecule has 6 heteroatoms. The van der Waals surface area contributed by atoms with Crippen molar-refractivity contribution in [2.24, 2.45) is 5.73 Å². The van der Waals surface area contributed by atoms with Crippen molar-refractivity contribution < 1.29 is 9.47 Å². The van der Waals surface area contributed by atoms with E-state index in [0.29, 0.717) is 30.3 Å². The first-order chi connectivity index (χ1) is 14.1. The summed E-state index contributed by atoms with van der Waals surface area (Å²) in [7, 11) is 0. The Morgan fingerprint density at radius 3 is 2.31 bits per heavy atom. The molecule has 0 unspecified atom stereocenters. The summed E-state index contributed by atoms with van der Waals surface area (Å²) >= 11 is 0. The van der Waals surface area contributed by atoms with Crippen molar-refractivity contribution in [1.29, 1.82) is 15.8 Å². The van der Waals surface area contributed by atoms with E-state index >= 15 is 0 Å². The summed E-state index contributed by atoms with van der Waals surface area (Å²) < 4.78 is 11.5. The quantitative estimate of drug-likeness (QED) is 0.545. The van der Waals surface area contributed by atoms with Crippen molar-refractivity contribution >= 4 is 6.08 Å². The predicted octanol–water partition coefficient (Wildman–Crippen LogP) is 3.87. The van der Waals surface area contributed by atoms with Crippen LogP contribution in [-0.4, -0.2) is 13.2 Å². The van der Waals surface area contributed by atoms with Crippen LogP contribution in [0.2, 0.25) is 0 Å². The summed E-state index contributed by atoms with van der Waals surface area (Å²) in [6.07, 6.45) is 2.26. The molecule has 0 fully saturated rings. The van der Waals surface area contributed by atoms with Crippen LogP contribution in [0.15, 0.2) is 65.4 Å². The molecule has 0 aromatic heterocycles. The molecule has 6 nitrogen and oxygen atoms in total. The summed E-state index contributed by atoms with van der Waals surface area (Å²) in [6, 6.07) is 20.6. The highest BCUT2D eigenvalue weighted by Gasteiger charge is 2.10. The average Bonchev–Trinajstić information content (AvgIpc) is 2.75. The Morgan fingerprint density at radius 2 is 1.69 bits per heavy atom. The van der Waals surface area contributed by atoms with Crippen LogP contribution in [0.5, 0.6) is 11.5 Å². The van der Waals surface area contributed by atoms with Crippen LogP contribution in [0.1, 0.15) is 18.1 Å². The van der Waals surface area contributed by atoms with Crippen molar-refractivity contribution in [3.63, 3.8) is 0 Å². The fourth-order valence-electron chi connectivity index (χ4n) is 2.54. The van der Waals surface area contributed by atoms with Crippen LogP contribution in [0.3, 0.4) is 0 Å². The number of nitriles is 3. The Hall–Kier alpha value is -4.21. The van der Waals surface area contributed by atoms with Crippen molar-refractivity contribution in [2.75, 3.05) is 13.2 Å². The molecule has 0 amide bonds. The average molecular weight is 384 g/mol. The third-order valence-electron chi connectivity index (χ3n) is 3.97. The molecule has 0 radical (unpaired) electrons. The first-order valence-electron chi connectivity index (χ1n) is 8.98. The molecule has 0 heterocycles. The maximum atomic E-state index is 9.34. The number of ether oxygens (including phenoxy) is 2. The van der Waals surface area contributed by atoms with Gasteiger partial charge in [0.15, 0.2) is 17.1 Å². The number of allylic oxidation sites excluding steroid dienone is 2. The first-order valence-corrected chi connectivity index (χ1v) is 8.98. The Morgan fingerprint density at radius 1 is 0.966 bits per heavy atom. The van der Waals surface area contributed by atoms with E-state index in [1.54, 1.807) is 30.3 Å². The normalized spacial score (nSPS) is 10.2. The molecule has 0 atom stereocenters. The Kier molecular flexibility index (Phi) is 7.87. The summed E-state index contributed by atoms with van der Waals surface area (Å²) in [4.78, 5) is 0. The van der Waals surface area contributed by atoms with Crippen LogP contribution in [0.25, 0.3) is 6.08 Å². The van der Waals surface area contributed by atoms with Crippen molar-refractivity contribution in [1.82, 2.24) is 0 Å². The topological polar surface area (TPSA) is 116 Å². The summed E-state index contributed by atoms with van der Waals surface area (Å²) in [5, 5.41) is 27.2. The number of hydrogen-bond acceptors (Lipinski definition) is 6. The van der Waals surface area contributed by atoms with Gasteiger partial charge in [-0.25, -0.2) is 0 Å². The highest BCUT2D eigenvalue weighted by atomic mass is 16.5. The molecular weight excluding hydrogens is 364 g/mol. The molecule has 0 aliphatic carbocycles. The van der Waals surface area contributed by atoms with Crippen LogP contribution in [0, 0.1) is 34.0 Å². The molecule has 144 valence electrons. The lowest BCUT2D eigenvalue weighted by Crippen LogP contribution is -2.04. The fraction of sp³-hybridized carbons (Fsp3) is 0.174. The van der Waals surface area contributed by atoms with Gasteiger partial charge in [-0.3, -0.25) is 0 Å². The van der Waals surface area contributed by atoms with Crippen molar-refractivity contribution in [2.45, 2.75) is 13.3 Å². The van der Waals surface area contributed by atoms with E-state index < -0.39 is 0 Å². The van der Waals surface area contributed by atoms with Gasteiger partial charge in [0.05, 0.1) is 24.5 Å². The second-order valence-electron chi connectivity index (χ2n) is 5.91. The van der Waals surface area contributed by atoms with Gasteiger partial charge < -0.3 is 15.2 Å². The molecule has 0 saturated heterocycles. The Labute approximate surface area is 170 Å². The molecule has 0 aliphatic heterocycles. The van der Waals surface area contributed by atoms with Gasteiger partial charge in [0.2, 0.25) is 0 Å². The number of nitrogens with two attached hydrogens (primary N) is 1. The van der Waals surface area contributed by atoms with Gasteiger partial charge in [0.25, 0.3) is 0 Å².